The molecular weight excluding hydrogens is 503 g/mol. The van der Waals surface area contributed by atoms with E-state index in [1.165, 1.54) is 17.0 Å². The highest BCUT2D eigenvalue weighted by molar-refractivity contribution is 7.92. The van der Waals surface area contributed by atoms with Gasteiger partial charge in [0.05, 0.1) is 22.6 Å². The summed E-state index contributed by atoms with van der Waals surface area (Å²) in [5, 5.41) is 2.90. The molecule has 14 heteroatoms. The smallest absolute Gasteiger partial charge is 0.319 e. The Kier molecular flexibility index (Phi) is 6.22. The quantitative estimate of drug-likeness (QED) is 0.667. The van der Waals surface area contributed by atoms with E-state index in [4.69, 9.17) is 0 Å². The van der Waals surface area contributed by atoms with Gasteiger partial charge in [0.2, 0.25) is 0 Å². The SMILES string of the molecule is O=C(Nc1cccc(C(F)(F)F)c1)N1CCS(=O)(=O)C2CN(S(=O)(=O)c3cccs3)CCC21. The molecule has 0 radical (unpaired) electrons. The van der Waals surface area contributed by atoms with E-state index in [-0.39, 0.29) is 41.7 Å². The summed E-state index contributed by atoms with van der Waals surface area (Å²) in [4.78, 5) is 14.1. The molecule has 0 saturated carbocycles. The molecular formula is C19H20F3N3O5S3. The first kappa shape index (κ1) is 24.0. The molecule has 1 aromatic carbocycles. The molecule has 33 heavy (non-hydrogen) atoms. The molecule has 3 heterocycles. The molecule has 0 bridgehead atoms. The third-order valence-corrected chi connectivity index (χ3v) is 11.1. The molecule has 2 atom stereocenters. The van der Waals surface area contributed by atoms with E-state index in [0.29, 0.717) is 0 Å². The minimum atomic E-state index is -4.58. The van der Waals surface area contributed by atoms with Gasteiger partial charge in [-0.1, -0.05) is 12.1 Å². The van der Waals surface area contributed by atoms with Crippen molar-refractivity contribution >= 4 is 42.9 Å². The van der Waals surface area contributed by atoms with Crippen LogP contribution in [0.2, 0.25) is 0 Å². The molecule has 2 fully saturated rings. The van der Waals surface area contributed by atoms with E-state index in [9.17, 15) is 34.8 Å². The Balaban J connectivity index is 1.54. The van der Waals surface area contributed by atoms with Crippen LogP contribution in [0, 0.1) is 0 Å². The van der Waals surface area contributed by atoms with Gasteiger partial charge in [-0.05, 0) is 36.1 Å². The summed E-state index contributed by atoms with van der Waals surface area (Å²) in [5.74, 6) is -0.364. The summed E-state index contributed by atoms with van der Waals surface area (Å²) in [7, 11) is -7.55. The number of nitrogens with one attached hydrogen (secondary N) is 1. The van der Waals surface area contributed by atoms with E-state index >= 15 is 0 Å². The minimum Gasteiger partial charge on any atom is -0.319 e. The standard InChI is InChI=1S/C19H20F3N3O5S3/c20-19(21,22)13-3-1-4-14(11-13)23-18(26)25-8-10-32(27,28)16-12-24(7-6-15(16)25)33(29,30)17-5-2-9-31-17/h1-5,9,11,15-16H,6-8,10,12H2,(H,23,26). The number of fused-ring (bicyclic) bond motifs is 1. The Hall–Kier alpha value is -2.16. The van der Waals surface area contributed by atoms with E-state index in [0.717, 1.165) is 33.8 Å². The van der Waals surface area contributed by atoms with Gasteiger partial charge in [-0.15, -0.1) is 11.3 Å². The van der Waals surface area contributed by atoms with Crippen LogP contribution in [0.4, 0.5) is 23.7 Å². The van der Waals surface area contributed by atoms with Crippen molar-refractivity contribution in [2.75, 3.05) is 30.7 Å². The third-order valence-electron chi connectivity index (χ3n) is 5.76. The van der Waals surface area contributed by atoms with Crippen molar-refractivity contribution in [2.24, 2.45) is 0 Å². The summed E-state index contributed by atoms with van der Waals surface area (Å²) < 4.78 is 91.3. The Bertz CT molecular complexity index is 1250. The Morgan fingerprint density at radius 3 is 2.58 bits per heavy atom. The van der Waals surface area contributed by atoms with Crippen molar-refractivity contribution in [3.63, 3.8) is 0 Å². The number of hydrogen-bond donors (Lipinski definition) is 1. The second-order valence-corrected chi connectivity index (χ2v) is 13.2. The molecule has 4 rings (SSSR count). The summed E-state index contributed by atoms with van der Waals surface area (Å²) in [6, 6.07) is 5.66. The number of thiophene rings is 1. The third kappa shape index (κ3) is 4.74. The average molecular weight is 524 g/mol. The fourth-order valence-electron chi connectivity index (χ4n) is 4.10. The fourth-order valence-corrected chi connectivity index (χ4v) is 8.75. The van der Waals surface area contributed by atoms with E-state index in [1.807, 2.05) is 0 Å². The minimum absolute atomic E-state index is 0.0181. The van der Waals surface area contributed by atoms with Crippen LogP contribution < -0.4 is 5.32 Å². The molecule has 2 aromatic rings. The van der Waals surface area contributed by atoms with Gasteiger partial charge in [-0.25, -0.2) is 21.6 Å². The largest absolute Gasteiger partial charge is 0.416 e. The molecule has 1 aromatic heterocycles. The van der Waals surface area contributed by atoms with E-state index in [1.54, 1.807) is 11.4 Å². The number of halogens is 3. The maximum absolute atomic E-state index is 13.0. The summed E-state index contributed by atoms with van der Waals surface area (Å²) in [6.07, 6.45) is -4.49. The first-order chi connectivity index (χ1) is 15.4. The first-order valence-corrected chi connectivity index (χ1v) is 13.9. The normalized spacial score (nSPS) is 23.7. The fraction of sp³-hybridized carbons (Fsp3) is 0.421. The molecule has 2 saturated heterocycles. The van der Waals surface area contributed by atoms with Crippen molar-refractivity contribution in [3.8, 4) is 0 Å². The number of sulfone groups is 1. The van der Waals surface area contributed by atoms with Gasteiger partial charge in [-0.3, -0.25) is 0 Å². The zero-order chi connectivity index (χ0) is 24.0. The second-order valence-electron chi connectivity index (χ2n) is 7.76. The molecule has 1 N–H and O–H groups in total. The molecule has 2 aliphatic rings. The number of hydrogen-bond acceptors (Lipinski definition) is 6. The van der Waals surface area contributed by atoms with Crippen molar-refractivity contribution in [1.29, 1.82) is 0 Å². The van der Waals surface area contributed by atoms with Gasteiger partial charge in [0.25, 0.3) is 10.0 Å². The molecule has 180 valence electrons. The average Bonchev–Trinajstić information content (AvgIpc) is 3.29. The zero-order valence-corrected chi connectivity index (χ0v) is 19.5. The number of carbonyl (C=O) groups excluding carboxylic acids is 1. The number of rotatable bonds is 3. The molecule has 2 unspecified atom stereocenters. The van der Waals surface area contributed by atoms with E-state index < -0.39 is 48.9 Å². The number of sulfonamides is 1. The predicted octanol–water partition coefficient (Wildman–Crippen LogP) is 2.86. The van der Waals surface area contributed by atoms with Crippen LogP contribution in [0.15, 0.2) is 46.0 Å². The van der Waals surface area contributed by atoms with Crippen LogP contribution in [-0.4, -0.2) is 68.8 Å². The van der Waals surface area contributed by atoms with Crippen LogP contribution in [0.5, 0.6) is 0 Å². The number of urea groups is 1. The number of alkyl halides is 3. The molecule has 0 spiro atoms. The van der Waals surface area contributed by atoms with Gasteiger partial charge < -0.3 is 10.2 Å². The van der Waals surface area contributed by atoms with Crippen LogP contribution >= 0.6 is 11.3 Å². The lowest BCUT2D eigenvalue weighted by atomic mass is 10.0. The second kappa shape index (κ2) is 8.56. The first-order valence-electron chi connectivity index (χ1n) is 9.90. The number of benzene rings is 1. The van der Waals surface area contributed by atoms with Crippen LogP contribution in [0.1, 0.15) is 12.0 Å². The van der Waals surface area contributed by atoms with Crippen molar-refractivity contribution in [2.45, 2.75) is 28.1 Å². The van der Waals surface area contributed by atoms with Gasteiger partial charge in [0, 0.05) is 25.3 Å². The van der Waals surface area contributed by atoms with Gasteiger partial charge in [0.1, 0.15) is 4.21 Å². The molecule has 8 nitrogen and oxygen atoms in total. The number of amides is 2. The maximum atomic E-state index is 13.0. The number of anilines is 1. The number of nitrogens with zero attached hydrogens (tertiary/aromatic N) is 2. The number of carbonyl (C=O) groups is 1. The van der Waals surface area contributed by atoms with Gasteiger partial charge in [0.15, 0.2) is 9.84 Å². The van der Waals surface area contributed by atoms with Crippen molar-refractivity contribution < 1.29 is 34.8 Å². The Morgan fingerprint density at radius 1 is 1.15 bits per heavy atom. The van der Waals surface area contributed by atoms with Crippen molar-refractivity contribution in [3.05, 3.63) is 47.3 Å². The highest BCUT2D eigenvalue weighted by Crippen LogP contribution is 2.33. The topological polar surface area (TPSA) is 104 Å². The maximum Gasteiger partial charge on any atom is 0.416 e. The lowest BCUT2D eigenvalue weighted by Gasteiger charge is -2.45. The highest BCUT2D eigenvalue weighted by atomic mass is 32.2. The molecule has 2 amide bonds. The lowest BCUT2D eigenvalue weighted by Crippen LogP contribution is -2.64. The van der Waals surface area contributed by atoms with Crippen LogP contribution in [0.3, 0.4) is 0 Å². The summed E-state index contributed by atoms with van der Waals surface area (Å²) in [5.41, 5.74) is -0.996. The summed E-state index contributed by atoms with van der Waals surface area (Å²) >= 11 is 1.03. The van der Waals surface area contributed by atoms with Gasteiger partial charge in [-0.2, -0.15) is 17.5 Å². The van der Waals surface area contributed by atoms with Crippen molar-refractivity contribution in [1.82, 2.24) is 9.21 Å². The highest BCUT2D eigenvalue weighted by Gasteiger charge is 2.48. The molecule has 2 aliphatic heterocycles. The summed E-state index contributed by atoms with van der Waals surface area (Å²) in [6.45, 7) is -0.406. The lowest BCUT2D eigenvalue weighted by molar-refractivity contribution is -0.137. The van der Waals surface area contributed by atoms with E-state index in [2.05, 4.69) is 5.32 Å². The molecule has 0 aliphatic carbocycles. The Morgan fingerprint density at radius 2 is 1.91 bits per heavy atom. The van der Waals surface area contributed by atoms with Crippen LogP contribution in [-0.2, 0) is 26.0 Å². The van der Waals surface area contributed by atoms with Crippen LogP contribution in [0.25, 0.3) is 0 Å². The van der Waals surface area contributed by atoms with Gasteiger partial charge >= 0.3 is 12.2 Å². The monoisotopic (exact) mass is 523 g/mol. The Labute approximate surface area is 193 Å². The number of piperidine rings is 1. The zero-order valence-electron chi connectivity index (χ0n) is 17.0. The predicted molar refractivity (Wildman–Crippen MR) is 116 cm³/mol.